The predicted molar refractivity (Wildman–Crippen MR) is 160 cm³/mol. The molecule has 0 aliphatic rings. The summed E-state index contributed by atoms with van der Waals surface area (Å²) in [6, 6.07) is 10.3. The summed E-state index contributed by atoms with van der Waals surface area (Å²) in [5.41, 5.74) is 1.67. The summed E-state index contributed by atoms with van der Waals surface area (Å²) in [5.74, 6) is 0. The lowest BCUT2D eigenvalue weighted by atomic mass is 10.0. The molecule has 0 saturated carbocycles. The van der Waals surface area contributed by atoms with E-state index in [-0.39, 0.29) is 54.6 Å². The lowest BCUT2D eigenvalue weighted by molar-refractivity contribution is -0.384. The summed E-state index contributed by atoms with van der Waals surface area (Å²) >= 11 is 3.15. The number of nitrogens with zero attached hydrogens (tertiary/aromatic N) is 3. The van der Waals surface area contributed by atoms with Crippen molar-refractivity contribution in [3.8, 4) is 11.1 Å². The topological polar surface area (TPSA) is 151 Å². The Balaban J connectivity index is 0.000000341. The molecule has 0 spiro atoms. The van der Waals surface area contributed by atoms with Crippen LogP contribution in [-0.4, -0.2) is 66.3 Å². The third-order valence-electron chi connectivity index (χ3n) is 5.70. The number of aryl methyl sites for hydroxylation is 2. The molecular weight excluding hydrogens is 700 g/mol. The number of benzene rings is 2. The highest BCUT2D eigenvalue weighted by Gasteiger charge is 2.28. The molecule has 1 heterocycles. The summed E-state index contributed by atoms with van der Waals surface area (Å²) in [6.07, 6.45) is -7.19. The van der Waals surface area contributed by atoms with Gasteiger partial charge in [0.15, 0.2) is 0 Å². The highest BCUT2D eigenvalue weighted by molar-refractivity contribution is 9.10. The highest BCUT2D eigenvalue weighted by Crippen LogP contribution is 2.31. The van der Waals surface area contributed by atoms with Gasteiger partial charge in [-0.25, -0.2) is 0 Å². The van der Waals surface area contributed by atoms with Crippen molar-refractivity contribution in [2.75, 3.05) is 50.2 Å². The molecule has 0 unspecified atom stereocenters. The van der Waals surface area contributed by atoms with Gasteiger partial charge >= 0.3 is 12.4 Å². The van der Waals surface area contributed by atoms with E-state index in [1.165, 1.54) is 34.9 Å². The second-order valence-electron chi connectivity index (χ2n) is 9.42. The van der Waals surface area contributed by atoms with Crippen molar-refractivity contribution in [2.45, 2.75) is 19.3 Å². The van der Waals surface area contributed by atoms with Gasteiger partial charge in [0, 0.05) is 48.5 Å². The van der Waals surface area contributed by atoms with E-state index < -0.39 is 35.4 Å². The number of nitro groups is 2. The van der Waals surface area contributed by atoms with Crippen molar-refractivity contribution in [3.63, 3.8) is 0 Å². The molecule has 252 valence electrons. The summed E-state index contributed by atoms with van der Waals surface area (Å²) in [4.78, 5) is 32.5. The normalized spacial score (nSPS) is 11.4. The number of anilines is 2. The Kier molecular flexibility index (Phi) is 13.9. The minimum absolute atomic E-state index is 0.0350. The predicted octanol–water partition coefficient (Wildman–Crippen LogP) is 6.61. The monoisotopic (exact) mass is 727 g/mol. The number of pyridine rings is 1. The van der Waals surface area contributed by atoms with Gasteiger partial charge in [0.1, 0.15) is 24.6 Å². The van der Waals surface area contributed by atoms with Crippen molar-refractivity contribution in [2.24, 2.45) is 7.05 Å². The van der Waals surface area contributed by atoms with Gasteiger partial charge < -0.3 is 24.7 Å². The number of hydrogen-bond donors (Lipinski definition) is 2. The summed E-state index contributed by atoms with van der Waals surface area (Å²) in [5, 5.41) is 27.3. The molecule has 0 atom stereocenters. The Hall–Kier alpha value is -4.23. The number of aromatic nitrogens is 1. The van der Waals surface area contributed by atoms with E-state index in [1.54, 1.807) is 32.3 Å². The quantitative estimate of drug-likeness (QED) is 0.0858. The van der Waals surface area contributed by atoms with Crippen LogP contribution in [0.4, 0.5) is 49.1 Å². The summed E-state index contributed by atoms with van der Waals surface area (Å²) in [7, 11) is 1.60. The van der Waals surface area contributed by atoms with Gasteiger partial charge in [0.25, 0.3) is 16.9 Å². The molecule has 0 amide bonds. The Morgan fingerprint density at radius 1 is 0.804 bits per heavy atom. The molecular formula is C27H28BrF6N5O7. The molecule has 2 aromatic carbocycles. The summed E-state index contributed by atoms with van der Waals surface area (Å²) < 4.78 is 82.4. The average molecular weight is 728 g/mol. The lowest BCUT2D eigenvalue weighted by Gasteiger charge is -2.12. The Morgan fingerprint density at radius 3 is 1.74 bits per heavy atom. The molecule has 0 bridgehead atoms. The van der Waals surface area contributed by atoms with Crippen molar-refractivity contribution in [3.05, 3.63) is 89.3 Å². The Labute approximate surface area is 265 Å². The molecule has 12 nitrogen and oxygen atoms in total. The third kappa shape index (κ3) is 13.0. The van der Waals surface area contributed by atoms with Crippen LogP contribution in [0.3, 0.4) is 0 Å². The zero-order chi connectivity index (χ0) is 34.7. The fourth-order valence-corrected chi connectivity index (χ4v) is 4.11. The fraction of sp³-hybridized carbons (Fsp3) is 0.370. The van der Waals surface area contributed by atoms with Crippen molar-refractivity contribution >= 4 is 38.7 Å². The van der Waals surface area contributed by atoms with Crippen LogP contribution in [0.15, 0.2) is 57.9 Å². The first-order valence-electron chi connectivity index (χ1n) is 13.0. The number of rotatable bonds is 13. The van der Waals surface area contributed by atoms with Gasteiger partial charge in [-0.1, -0.05) is 15.9 Å². The van der Waals surface area contributed by atoms with Crippen LogP contribution in [0.2, 0.25) is 0 Å². The van der Waals surface area contributed by atoms with Crippen molar-refractivity contribution in [1.82, 2.24) is 4.57 Å². The van der Waals surface area contributed by atoms with Gasteiger partial charge in [0.2, 0.25) is 0 Å². The molecule has 0 radical (unpaired) electrons. The average Bonchev–Trinajstić information content (AvgIpc) is 2.94. The van der Waals surface area contributed by atoms with Gasteiger partial charge in [-0.05, 0) is 48.4 Å². The van der Waals surface area contributed by atoms with Crippen LogP contribution in [0.1, 0.15) is 5.56 Å². The molecule has 46 heavy (non-hydrogen) atoms. The third-order valence-corrected chi connectivity index (χ3v) is 6.19. The Bertz CT molecular complexity index is 1540. The van der Waals surface area contributed by atoms with E-state index in [1.807, 2.05) is 0 Å². The number of halogens is 7. The van der Waals surface area contributed by atoms with E-state index in [0.717, 1.165) is 0 Å². The Morgan fingerprint density at radius 2 is 1.28 bits per heavy atom. The van der Waals surface area contributed by atoms with Crippen molar-refractivity contribution in [1.29, 1.82) is 0 Å². The number of nitrogens with one attached hydrogen (secondary N) is 2. The van der Waals surface area contributed by atoms with E-state index in [2.05, 4.69) is 36.0 Å². The van der Waals surface area contributed by atoms with Gasteiger partial charge in [-0.15, -0.1) is 0 Å². The zero-order valence-electron chi connectivity index (χ0n) is 24.2. The number of hydrogen-bond acceptors (Lipinski definition) is 9. The van der Waals surface area contributed by atoms with Crippen LogP contribution in [-0.2, 0) is 16.5 Å². The molecule has 0 saturated heterocycles. The maximum Gasteiger partial charge on any atom is 0.411 e. The standard InChI is InChI=1S/C17H18F3N3O4.C10H10BrF3N2O3/c1-11-7-13(9-22(2)16(11)24)12-3-4-15(23(25)26)14(8-12)21-5-6-27-10-17(18,19)20;11-7-1-2-9(16(17)18)8(5-7)15-3-4-19-6-10(12,13)14/h3-4,7-9,21H,5-6,10H2,1-2H3;1-2,5,15H,3-4,6H2. The van der Waals surface area contributed by atoms with Crippen LogP contribution in [0.5, 0.6) is 0 Å². The van der Waals surface area contributed by atoms with Crippen LogP contribution >= 0.6 is 15.9 Å². The number of alkyl halides is 6. The molecule has 0 aliphatic heterocycles. The van der Waals surface area contributed by atoms with Gasteiger partial charge in [-0.2, -0.15) is 26.3 Å². The van der Waals surface area contributed by atoms with Gasteiger partial charge in [-0.3, -0.25) is 25.0 Å². The molecule has 3 aromatic rings. The first-order valence-corrected chi connectivity index (χ1v) is 13.8. The maximum absolute atomic E-state index is 12.1. The van der Waals surface area contributed by atoms with Crippen LogP contribution in [0.25, 0.3) is 11.1 Å². The smallest absolute Gasteiger partial charge is 0.377 e. The van der Waals surface area contributed by atoms with Gasteiger partial charge in [0.05, 0.1) is 23.1 Å². The van der Waals surface area contributed by atoms with E-state index in [0.29, 0.717) is 21.2 Å². The van der Waals surface area contributed by atoms with Crippen molar-refractivity contribution < 1.29 is 45.7 Å². The largest absolute Gasteiger partial charge is 0.411 e. The number of ether oxygens (including phenoxy) is 2. The molecule has 1 aromatic heterocycles. The minimum Gasteiger partial charge on any atom is -0.377 e. The summed E-state index contributed by atoms with van der Waals surface area (Å²) in [6.45, 7) is -1.53. The SMILES string of the molecule is Cc1cc(-c2ccc([N+](=O)[O-])c(NCCOCC(F)(F)F)c2)cn(C)c1=O.O=[N+]([O-])c1ccc(Br)cc1NCCOCC(F)(F)F. The fourth-order valence-electron chi connectivity index (χ4n) is 3.75. The first kappa shape index (κ1) is 38.0. The molecule has 2 N–H and O–H groups in total. The first-order chi connectivity index (χ1) is 21.4. The van der Waals surface area contributed by atoms with E-state index in [4.69, 9.17) is 0 Å². The molecule has 3 rings (SSSR count). The zero-order valence-corrected chi connectivity index (χ0v) is 25.8. The number of nitro benzene ring substituents is 2. The minimum atomic E-state index is -4.42. The molecule has 19 heteroatoms. The lowest BCUT2D eigenvalue weighted by Crippen LogP contribution is -2.20. The second-order valence-corrected chi connectivity index (χ2v) is 10.3. The molecule has 0 aliphatic carbocycles. The highest BCUT2D eigenvalue weighted by atomic mass is 79.9. The van der Waals surface area contributed by atoms with Crippen LogP contribution < -0.4 is 16.2 Å². The second kappa shape index (κ2) is 16.9. The molecule has 0 fully saturated rings. The maximum atomic E-state index is 12.1. The van der Waals surface area contributed by atoms with E-state index in [9.17, 15) is 51.4 Å². The van der Waals surface area contributed by atoms with Crippen LogP contribution in [0, 0.1) is 27.2 Å². The van der Waals surface area contributed by atoms with E-state index >= 15 is 0 Å².